The van der Waals surface area contributed by atoms with Crippen LogP contribution in [0, 0.1) is 5.92 Å². The second-order valence-corrected chi connectivity index (χ2v) is 9.38. The summed E-state index contributed by atoms with van der Waals surface area (Å²) in [6.07, 6.45) is 8.53. The molecule has 0 radical (unpaired) electrons. The van der Waals surface area contributed by atoms with Crippen molar-refractivity contribution in [1.82, 2.24) is 19.5 Å². The van der Waals surface area contributed by atoms with Gasteiger partial charge in [0.2, 0.25) is 11.9 Å². The van der Waals surface area contributed by atoms with Gasteiger partial charge in [0.15, 0.2) is 5.65 Å². The highest BCUT2D eigenvalue weighted by atomic mass is 35.5. The number of aromatic nitrogens is 4. The van der Waals surface area contributed by atoms with Crippen LogP contribution in [0.2, 0.25) is 5.02 Å². The fourth-order valence-electron chi connectivity index (χ4n) is 4.30. The molecule has 0 unspecified atom stereocenters. The minimum absolute atomic E-state index is 0.125. The zero-order chi connectivity index (χ0) is 20.7. The Morgan fingerprint density at radius 3 is 2.70 bits per heavy atom. The number of nitrogens with one attached hydrogen (secondary N) is 2. The van der Waals surface area contributed by atoms with Crippen molar-refractivity contribution in [1.29, 1.82) is 0 Å². The maximum absolute atomic E-state index is 6.19. The molecule has 4 N–H and O–H groups in total. The lowest BCUT2D eigenvalue weighted by Crippen LogP contribution is -2.24. The molecule has 3 aromatic rings. The number of halogens is 1. The molecule has 7 nitrogen and oxygen atoms in total. The number of hydrogen-bond donors (Lipinski definition) is 3. The summed E-state index contributed by atoms with van der Waals surface area (Å²) < 4.78 is 2.26. The quantitative estimate of drug-likeness (QED) is 0.521. The Balaban J connectivity index is 1.53. The highest BCUT2D eigenvalue weighted by Crippen LogP contribution is 2.39. The maximum Gasteiger partial charge on any atom is 0.225 e. The Bertz CT molecular complexity index is 1050. The number of rotatable bonds is 6. The summed E-state index contributed by atoms with van der Waals surface area (Å²) >= 11 is 6.19. The Morgan fingerprint density at radius 2 is 2.00 bits per heavy atom. The molecule has 2 aliphatic rings. The van der Waals surface area contributed by atoms with Crippen molar-refractivity contribution in [3.05, 3.63) is 35.5 Å². The molecule has 0 atom stereocenters. The van der Waals surface area contributed by atoms with Gasteiger partial charge >= 0.3 is 0 Å². The molecule has 2 aliphatic carbocycles. The average Bonchev–Trinajstić information content (AvgIpc) is 3.36. The van der Waals surface area contributed by atoms with Crippen LogP contribution in [0.25, 0.3) is 11.2 Å². The SMILES string of the molecule is CC1(Nc2ncc3nc(Nc4cccc(Cl)c4)n([C@H]4CC[C@H](CN)CC4)c3n2)CC1. The molecule has 2 saturated carbocycles. The van der Waals surface area contributed by atoms with E-state index < -0.39 is 0 Å². The van der Waals surface area contributed by atoms with Crippen LogP contribution in [-0.2, 0) is 0 Å². The number of fused-ring (bicyclic) bond motifs is 1. The fourth-order valence-corrected chi connectivity index (χ4v) is 4.49. The molecular weight excluding hydrogens is 398 g/mol. The van der Waals surface area contributed by atoms with Gasteiger partial charge < -0.3 is 16.4 Å². The van der Waals surface area contributed by atoms with E-state index in [1.165, 1.54) is 0 Å². The van der Waals surface area contributed by atoms with Gasteiger partial charge in [0, 0.05) is 22.3 Å². The van der Waals surface area contributed by atoms with Crippen molar-refractivity contribution in [2.45, 2.75) is 57.0 Å². The molecule has 0 bridgehead atoms. The molecule has 2 fully saturated rings. The van der Waals surface area contributed by atoms with E-state index in [1.54, 1.807) is 0 Å². The van der Waals surface area contributed by atoms with E-state index in [1.807, 2.05) is 30.5 Å². The number of nitrogens with zero attached hydrogens (tertiary/aromatic N) is 4. The first-order chi connectivity index (χ1) is 14.5. The summed E-state index contributed by atoms with van der Waals surface area (Å²) in [7, 11) is 0. The predicted molar refractivity (Wildman–Crippen MR) is 121 cm³/mol. The molecule has 2 heterocycles. The van der Waals surface area contributed by atoms with Gasteiger partial charge in [0.25, 0.3) is 0 Å². The summed E-state index contributed by atoms with van der Waals surface area (Å²) in [5, 5.41) is 7.63. The standard InChI is InChI=1S/C22H28ClN7/c1-22(9-10-22)29-20-25-13-18-19(28-20)30(17-7-5-14(12-24)6-8-17)21(27-18)26-16-4-2-3-15(23)11-16/h2-4,11,13-14,17H,5-10,12,24H2,1H3,(H,26,27)(H,25,28,29)/t14-,17-. The second-order valence-electron chi connectivity index (χ2n) is 8.94. The van der Waals surface area contributed by atoms with E-state index in [9.17, 15) is 0 Å². The fraction of sp³-hybridized carbons (Fsp3) is 0.500. The number of nitrogens with two attached hydrogens (primary N) is 1. The predicted octanol–water partition coefficient (Wildman–Crippen LogP) is 4.88. The van der Waals surface area contributed by atoms with Crippen LogP contribution in [-0.4, -0.2) is 31.6 Å². The van der Waals surface area contributed by atoms with E-state index in [4.69, 9.17) is 27.3 Å². The van der Waals surface area contributed by atoms with Crippen molar-refractivity contribution in [3.63, 3.8) is 0 Å². The molecule has 158 valence electrons. The van der Waals surface area contributed by atoms with Gasteiger partial charge in [-0.05, 0) is 76.1 Å². The zero-order valence-corrected chi connectivity index (χ0v) is 18.0. The molecular formula is C22H28ClN7. The normalized spacial score (nSPS) is 22.8. The van der Waals surface area contributed by atoms with Gasteiger partial charge in [-0.2, -0.15) is 4.98 Å². The first-order valence-electron chi connectivity index (χ1n) is 10.8. The lowest BCUT2D eigenvalue weighted by atomic mass is 9.86. The van der Waals surface area contributed by atoms with Crippen molar-refractivity contribution in [2.75, 3.05) is 17.2 Å². The van der Waals surface area contributed by atoms with Gasteiger partial charge in [-0.25, -0.2) is 9.97 Å². The van der Waals surface area contributed by atoms with Gasteiger partial charge in [-0.15, -0.1) is 0 Å². The van der Waals surface area contributed by atoms with Crippen molar-refractivity contribution < 1.29 is 0 Å². The molecule has 2 aromatic heterocycles. The van der Waals surface area contributed by atoms with Crippen molar-refractivity contribution in [2.24, 2.45) is 11.7 Å². The van der Waals surface area contributed by atoms with Gasteiger partial charge in [0.1, 0.15) is 5.52 Å². The van der Waals surface area contributed by atoms with E-state index in [0.717, 1.165) is 67.9 Å². The number of benzene rings is 1. The zero-order valence-electron chi connectivity index (χ0n) is 17.2. The Labute approximate surface area is 181 Å². The minimum Gasteiger partial charge on any atom is -0.349 e. The highest BCUT2D eigenvalue weighted by Gasteiger charge is 2.38. The molecule has 30 heavy (non-hydrogen) atoms. The summed E-state index contributed by atoms with van der Waals surface area (Å²) in [4.78, 5) is 14.2. The molecule has 0 saturated heterocycles. The third kappa shape index (κ3) is 3.96. The van der Waals surface area contributed by atoms with E-state index in [0.29, 0.717) is 22.9 Å². The third-order valence-corrected chi connectivity index (χ3v) is 6.68. The van der Waals surface area contributed by atoms with E-state index >= 15 is 0 Å². The molecule has 8 heteroatoms. The number of anilines is 3. The molecule has 5 rings (SSSR count). The first kappa shape index (κ1) is 19.6. The van der Waals surface area contributed by atoms with Crippen molar-refractivity contribution in [3.8, 4) is 0 Å². The minimum atomic E-state index is 0.125. The summed E-state index contributed by atoms with van der Waals surface area (Å²) in [5.41, 5.74) is 8.62. The molecule has 0 amide bonds. The lowest BCUT2D eigenvalue weighted by molar-refractivity contribution is 0.284. The van der Waals surface area contributed by atoms with Crippen LogP contribution in [0.15, 0.2) is 30.5 Å². The largest absolute Gasteiger partial charge is 0.349 e. The Hall–Kier alpha value is -2.38. The van der Waals surface area contributed by atoms with Crippen LogP contribution < -0.4 is 16.4 Å². The topological polar surface area (TPSA) is 93.7 Å². The van der Waals surface area contributed by atoms with Crippen molar-refractivity contribution >= 4 is 40.3 Å². The maximum atomic E-state index is 6.19. The third-order valence-electron chi connectivity index (χ3n) is 6.44. The van der Waals surface area contributed by atoms with Crippen LogP contribution in [0.4, 0.5) is 17.6 Å². The van der Waals surface area contributed by atoms with Crippen LogP contribution in [0.5, 0.6) is 0 Å². The van der Waals surface area contributed by atoms with Crippen LogP contribution in [0.3, 0.4) is 0 Å². The summed E-state index contributed by atoms with van der Waals surface area (Å²) in [6.45, 7) is 2.97. The van der Waals surface area contributed by atoms with Crippen LogP contribution in [0.1, 0.15) is 51.5 Å². The molecule has 1 aromatic carbocycles. The van der Waals surface area contributed by atoms with Gasteiger partial charge in [0.05, 0.1) is 6.20 Å². The highest BCUT2D eigenvalue weighted by molar-refractivity contribution is 6.30. The van der Waals surface area contributed by atoms with Gasteiger partial charge in [-0.3, -0.25) is 4.57 Å². The Morgan fingerprint density at radius 1 is 1.20 bits per heavy atom. The van der Waals surface area contributed by atoms with Crippen LogP contribution >= 0.6 is 11.6 Å². The second kappa shape index (κ2) is 7.71. The number of imidazole rings is 1. The monoisotopic (exact) mass is 425 g/mol. The smallest absolute Gasteiger partial charge is 0.225 e. The first-order valence-corrected chi connectivity index (χ1v) is 11.2. The van der Waals surface area contributed by atoms with E-state index in [-0.39, 0.29) is 5.54 Å². The average molecular weight is 426 g/mol. The number of hydrogen-bond acceptors (Lipinski definition) is 6. The van der Waals surface area contributed by atoms with E-state index in [2.05, 4.69) is 27.1 Å². The van der Waals surface area contributed by atoms with Gasteiger partial charge in [-0.1, -0.05) is 17.7 Å². The summed E-state index contributed by atoms with van der Waals surface area (Å²) in [5.74, 6) is 2.07. The summed E-state index contributed by atoms with van der Waals surface area (Å²) in [6, 6.07) is 8.03. The lowest BCUT2D eigenvalue weighted by Gasteiger charge is -2.29. The molecule has 0 aliphatic heterocycles. The Kier molecular flexibility index (Phi) is 5.03. The molecule has 0 spiro atoms.